The Morgan fingerprint density at radius 3 is 2.68 bits per heavy atom. The summed E-state index contributed by atoms with van der Waals surface area (Å²) in [7, 11) is 0. The molecule has 1 aliphatic carbocycles. The fraction of sp³-hybridized carbons (Fsp3) is 0.769. The van der Waals surface area contributed by atoms with Gasteiger partial charge in [-0.05, 0) is 24.5 Å². The predicted octanol–water partition coefficient (Wildman–Crippen LogP) is 2.55. The maximum absolute atomic E-state index is 11.0. The molecule has 2 rings (SSSR count). The summed E-state index contributed by atoms with van der Waals surface area (Å²) < 4.78 is 5.63. The summed E-state index contributed by atoms with van der Waals surface area (Å²) >= 11 is 1.74. The highest BCUT2D eigenvalue weighted by molar-refractivity contribution is 7.98. The van der Waals surface area contributed by atoms with E-state index >= 15 is 0 Å². The van der Waals surface area contributed by atoms with E-state index in [9.17, 15) is 4.79 Å². The summed E-state index contributed by atoms with van der Waals surface area (Å²) in [6.45, 7) is 0. The van der Waals surface area contributed by atoms with Crippen LogP contribution in [0.2, 0.25) is 0 Å². The minimum atomic E-state index is -0.732. The second-order valence-corrected chi connectivity index (χ2v) is 6.27. The van der Waals surface area contributed by atoms with Gasteiger partial charge in [-0.2, -0.15) is 11.8 Å². The smallest absolute Gasteiger partial charge is 0.303 e. The predicted molar refractivity (Wildman–Crippen MR) is 73.2 cm³/mol. The molecule has 1 N–H and O–H groups in total. The molecule has 0 amide bonds. The molecular formula is C13H20N2O3S. The maximum Gasteiger partial charge on any atom is 0.303 e. The van der Waals surface area contributed by atoms with Gasteiger partial charge in [-0.3, -0.25) is 4.79 Å². The summed E-state index contributed by atoms with van der Waals surface area (Å²) in [5.74, 6) is 1.48. The van der Waals surface area contributed by atoms with Crippen LogP contribution in [-0.2, 0) is 17.6 Å². The van der Waals surface area contributed by atoms with Crippen molar-refractivity contribution in [1.82, 2.24) is 10.2 Å². The molecule has 1 aliphatic rings. The SMILES string of the molecule is CSCCc1nnc(CC2(CC(=O)O)CCCC2)o1. The zero-order valence-corrected chi connectivity index (χ0v) is 12.0. The van der Waals surface area contributed by atoms with E-state index in [1.165, 1.54) is 0 Å². The number of hydrogen-bond donors (Lipinski definition) is 1. The summed E-state index contributed by atoms with van der Waals surface area (Å²) in [6.07, 6.45) is 7.71. The lowest BCUT2D eigenvalue weighted by molar-refractivity contribution is -0.139. The molecule has 0 unspecified atom stereocenters. The second kappa shape index (κ2) is 6.41. The molecule has 0 atom stereocenters. The van der Waals surface area contributed by atoms with Crippen LogP contribution in [0.15, 0.2) is 4.42 Å². The Bertz CT molecular complexity index is 427. The Kier molecular flexibility index (Phi) is 4.85. The van der Waals surface area contributed by atoms with Gasteiger partial charge in [0.2, 0.25) is 11.8 Å². The van der Waals surface area contributed by atoms with E-state index in [2.05, 4.69) is 10.2 Å². The van der Waals surface area contributed by atoms with Crippen LogP contribution in [0, 0.1) is 5.41 Å². The van der Waals surface area contributed by atoms with Crippen LogP contribution in [0.4, 0.5) is 0 Å². The number of rotatable bonds is 7. The summed E-state index contributed by atoms with van der Waals surface area (Å²) in [5.41, 5.74) is -0.171. The van der Waals surface area contributed by atoms with Gasteiger partial charge in [0.1, 0.15) is 0 Å². The van der Waals surface area contributed by atoms with Gasteiger partial charge >= 0.3 is 5.97 Å². The number of thioether (sulfide) groups is 1. The third-order valence-corrected chi connectivity index (χ3v) is 4.36. The van der Waals surface area contributed by atoms with Gasteiger partial charge in [-0.25, -0.2) is 0 Å². The van der Waals surface area contributed by atoms with Gasteiger partial charge in [0.15, 0.2) is 0 Å². The van der Waals surface area contributed by atoms with E-state index in [0.717, 1.165) is 37.9 Å². The molecule has 1 aromatic rings. The first-order valence-electron chi connectivity index (χ1n) is 6.65. The van der Waals surface area contributed by atoms with Crippen molar-refractivity contribution < 1.29 is 14.3 Å². The zero-order valence-electron chi connectivity index (χ0n) is 11.2. The number of aromatic nitrogens is 2. The number of carboxylic acids is 1. The van der Waals surface area contributed by atoms with Gasteiger partial charge in [0, 0.05) is 18.6 Å². The molecule has 0 bridgehead atoms. The van der Waals surface area contributed by atoms with Crippen LogP contribution in [0.3, 0.4) is 0 Å². The first kappa shape index (κ1) is 14.4. The van der Waals surface area contributed by atoms with E-state index < -0.39 is 5.97 Å². The Morgan fingerprint density at radius 1 is 1.37 bits per heavy atom. The molecule has 0 spiro atoms. The number of aliphatic carboxylic acids is 1. The highest BCUT2D eigenvalue weighted by Gasteiger charge is 2.37. The largest absolute Gasteiger partial charge is 0.481 e. The third kappa shape index (κ3) is 3.96. The lowest BCUT2D eigenvalue weighted by atomic mass is 9.79. The van der Waals surface area contributed by atoms with Crippen LogP contribution in [0.25, 0.3) is 0 Å². The Morgan fingerprint density at radius 2 is 2.05 bits per heavy atom. The fourth-order valence-electron chi connectivity index (χ4n) is 2.83. The lowest BCUT2D eigenvalue weighted by Crippen LogP contribution is -2.24. The summed E-state index contributed by atoms with van der Waals surface area (Å²) in [4.78, 5) is 11.0. The van der Waals surface area contributed by atoms with Crippen LogP contribution >= 0.6 is 11.8 Å². The third-order valence-electron chi connectivity index (χ3n) is 3.75. The average molecular weight is 284 g/mol. The van der Waals surface area contributed by atoms with Crippen molar-refractivity contribution in [3.8, 4) is 0 Å². The minimum Gasteiger partial charge on any atom is -0.481 e. The van der Waals surface area contributed by atoms with Crippen molar-refractivity contribution in [2.75, 3.05) is 12.0 Å². The van der Waals surface area contributed by atoms with Crippen molar-refractivity contribution in [3.05, 3.63) is 11.8 Å². The summed E-state index contributed by atoms with van der Waals surface area (Å²) in [6, 6.07) is 0. The normalized spacial score (nSPS) is 17.7. The van der Waals surface area contributed by atoms with Crippen molar-refractivity contribution in [2.24, 2.45) is 5.41 Å². The van der Waals surface area contributed by atoms with E-state index in [4.69, 9.17) is 9.52 Å². The Hall–Kier alpha value is -1.04. The molecule has 106 valence electrons. The van der Waals surface area contributed by atoms with Crippen molar-refractivity contribution >= 4 is 17.7 Å². The highest BCUT2D eigenvalue weighted by Crippen LogP contribution is 2.43. The molecule has 1 aromatic heterocycles. The molecule has 6 heteroatoms. The van der Waals surface area contributed by atoms with Gasteiger partial charge in [-0.15, -0.1) is 10.2 Å². The number of nitrogens with zero attached hydrogens (tertiary/aromatic N) is 2. The van der Waals surface area contributed by atoms with Gasteiger partial charge in [0.05, 0.1) is 6.42 Å². The standard InChI is InChI=1S/C13H20N2O3S/c1-19-7-4-10-14-15-11(18-10)8-13(9-12(16)17)5-2-3-6-13/h2-9H2,1H3,(H,16,17). The fourth-order valence-corrected chi connectivity index (χ4v) is 3.21. The molecule has 0 saturated heterocycles. The molecule has 19 heavy (non-hydrogen) atoms. The number of carboxylic acid groups (broad SMARTS) is 1. The monoisotopic (exact) mass is 284 g/mol. The summed E-state index contributed by atoms with van der Waals surface area (Å²) in [5, 5.41) is 17.2. The van der Waals surface area contributed by atoms with E-state index in [0.29, 0.717) is 18.2 Å². The second-order valence-electron chi connectivity index (χ2n) is 5.29. The average Bonchev–Trinajstić information content (AvgIpc) is 2.96. The molecule has 0 aromatic carbocycles. The molecule has 0 radical (unpaired) electrons. The van der Waals surface area contributed by atoms with Gasteiger partial charge < -0.3 is 9.52 Å². The minimum absolute atomic E-state index is 0.171. The quantitative estimate of drug-likeness (QED) is 0.829. The van der Waals surface area contributed by atoms with E-state index in [1.807, 2.05) is 6.26 Å². The van der Waals surface area contributed by atoms with Crippen molar-refractivity contribution in [3.63, 3.8) is 0 Å². The Balaban J connectivity index is 2.00. The molecule has 1 fully saturated rings. The molecule has 1 saturated carbocycles. The lowest BCUT2D eigenvalue weighted by Gasteiger charge is -2.24. The van der Waals surface area contributed by atoms with Gasteiger partial charge in [-0.1, -0.05) is 12.8 Å². The Labute approximate surface area is 117 Å². The molecular weight excluding hydrogens is 264 g/mol. The van der Waals surface area contributed by atoms with Crippen molar-refractivity contribution in [2.45, 2.75) is 44.9 Å². The van der Waals surface area contributed by atoms with Crippen LogP contribution in [-0.4, -0.2) is 33.3 Å². The highest BCUT2D eigenvalue weighted by atomic mass is 32.2. The number of carbonyl (C=O) groups is 1. The van der Waals surface area contributed by atoms with Crippen LogP contribution in [0.1, 0.15) is 43.9 Å². The first-order chi connectivity index (χ1) is 9.13. The maximum atomic E-state index is 11.0. The van der Waals surface area contributed by atoms with Crippen LogP contribution < -0.4 is 0 Å². The molecule has 5 nitrogen and oxygen atoms in total. The van der Waals surface area contributed by atoms with E-state index in [1.54, 1.807) is 11.8 Å². The molecule has 0 aliphatic heterocycles. The topological polar surface area (TPSA) is 76.2 Å². The zero-order chi connectivity index (χ0) is 13.7. The first-order valence-corrected chi connectivity index (χ1v) is 8.05. The van der Waals surface area contributed by atoms with Crippen LogP contribution in [0.5, 0.6) is 0 Å². The van der Waals surface area contributed by atoms with Gasteiger partial charge in [0.25, 0.3) is 0 Å². The van der Waals surface area contributed by atoms with E-state index in [-0.39, 0.29) is 11.8 Å². The number of hydrogen-bond acceptors (Lipinski definition) is 5. The van der Waals surface area contributed by atoms with Crippen molar-refractivity contribution in [1.29, 1.82) is 0 Å². The number of aryl methyl sites for hydroxylation is 1. The molecule has 1 heterocycles.